The zero-order chi connectivity index (χ0) is 26.2. The number of hydroxylamine groups is 1. The molecule has 0 aromatic carbocycles. The first-order valence-electron chi connectivity index (χ1n) is 12.7. The molecule has 0 bridgehead atoms. The molecule has 0 aliphatic heterocycles. The Morgan fingerprint density at radius 2 is 1.47 bits per heavy atom. The van der Waals surface area contributed by atoms with Crippen molar-refractivity contribution < 1.29 is 39.5 Å². The first-order chi connectivity index (χ1) is 17.2. The first kappa shape index (κ1) is 28.2. The van der Waals surface area contributed by atoms with Crippen LogP contribution >= 0.6 is 0 Å². The molecule has 3 saturated carbocycles. The Kier molecular flexibility index (Phi) is 10.3. The van der Waals surface area contributed by atoms with Crippen molar-refractivity contribution >= 4 is 11.9 Å². The Bertz CT molecular complexity index is 791. The zero-order valence-electron chi connectivity index (χ0n) is 20.2. The molecule has 204 valence electrons. The Morgan fingerprint density at radius 1 is 0.861 bits per heavy atom. The molecule has 14 nitrogen and oxygen atoms in total. The molecule has 0 aromatic rings. The molecule has 6 unspecified atom stereocenters. The van der Waals surface area contributed by atoms with E-state index < -0.39 is 46.6 Å². The molecule has 0 saturated heterocycles. The lowest BCUT2D eigenvalue weighted by Gasteiger charge is -2.34. The van der Waals surface area contributed by atoms with Crippen molar-refractivity contribution in [2.75, 3.05) is 13.2 Å². The van der Waals surface area contributed by atoms with Crippen LogP contribution in [0, 0.1) is 43.9 Å². The molecule has 3 rings (SSSR count). The van der Waals surface area contributed by atoms with Gasteiger partial charge in [0, 0.05) is 34.8 Å². The highest BCUT2D eigenvalue weighted by molar-refractivity contribution is 5.85. The largest absolute Gasteiger partial charge is 0.481 e. The standard InChI is InChI=1S/C22H36N4O10/c27-21(16-4-2-6-19(26(32)33)20(16)22(28)29)23-14-7-9-15(10-8-14)24-35-11-13-3-1-5-18(25(30)31)17(13)12-36-34/h13-20,24,34H,1-12H2,(H,23,27)(H,28,29). The van der Waals surface area contributed by atoms with E-state index in [1.54, 1.807) is 0 Å². The maximum absolute atomic E-state index is 12.8. The number of carbonyl (C=O) groups is 2. The van der Waals surface area contributed by atoms with Gasteiger partial charge in [0.05, 0.1) is 25.0 Å². The molecule has 3 aliphatic rings. The quantitative estimate of drug-likeness (QED) is 0.176. The summed E-state index contributed by atoms with van der Waals surface area (Å²) in [5.74, 6) is -4.54. The number of aliphatic carboxylic acids is 1. The second kappa shape index (κ2) is 13.2. The summed E-state index contributed by atoms with van der Waals surface area (Å²) < 4.78 is 0. The van der Waals surface area contributed by atoms with E-state index in [4.69, 9.17) is 10.1 Å². The van der Waals surface area contributed by atoms with E-state index in [2.05, 4.69) is 15.7 Å². The van der Waals surface area contributed by atoms with Gasteiger partial charge in [-0.1, -0.05) is 0 Å². The fourth-order valence-electron chi connectivity index (χ4n) is 6.11. The van der Waals surface area contributed by atoms with Crippen molar-refractivity contribution in [1.82, 2.24) is 10.8 Å². The van der Waals surface area contributed by atoms with Gasteiger partial charge in [0.2, 0.25) is 18.0 Å². The highest BCUT2D eigenvalue weighted by Gasteiger charge is 2.48. The van der Waals surface area contributed by atoms with Crippen LogP contribution in [0.2, 0.25) is 0 Å². The lowest BCUT2D eigenvalue weighted by molar-refractivity contribution is -0.541. The topological polar surface area (TPSA) is 203 Å². The van der Waals surface area contributed by atoms with Crippen molar-refractivity contribution in [3.8, 4) is 0 Å². The van der Waals surface area contributed by atoms with Crippen molar-refractivity contribution in [3.05, 3.63) is 20.2 Å². The van der Waals surface area contributed by atoms with Gasteiger partial charge in [-0.2, -0.15) is 5.48 Å². The van der Waals surface area contributed by atoms with E-state index in [1.807, 2.05) is 0 Å². The average molecular weight is 517 g/mol. The molecule has 14 heteroatoms. The van der Waals surface area contributed by atoms with Crippen LogP contribution in [0.5, 0.6) is 0 Å². The molecule has 0 aromatic heterocycles. The third-order valence-electron chi connectivity index (χ3n) is 8.09. The highest BCUT2D eigenvalue weighted by Crippen LogP contribution is 2.34. The molecule has 0 radical (unpaired) electrons. The zero-order valence-corrected chi connectivity index (χ0v) is 20.2. The Morgan fingerprint density at radius 3 is 2.08 bits per heavy atom. The van der Waals surface area contributed by atoms with Gasteiger partial charge in [-0.25, -0.2) is 4.89 Å². The fourth-order valence-corrected chi connectivity index (χ4v) is 6.11. The molecule has 6 atom stereocenters. The molecule has 3 fully saturated rings. The van der Waals surface area contributed by atoms with Crippen molar-refractivity contribution in [2.45, 2.75) is 88.4 Å². The van der Waals surface area contributed by atoms with Crippen LogP contribution in [0.25, 0.3) is 0 Å². The second-order valence-corrected chi connectivity index (χ2v) is 10.2. The Balaban J connectivity index is 1.43. The lowest BCUT2D eigenvalue weighted by Crippen LogP contribution is -2.51. The summed E-state index contributed by atoms with van der Waals surface area (Å²) in [5.41, 5.74) is 3.01. The highest BCUT2D eigenvalue weighted by atomic mass is 17.1. The summed E-state index contributed by atoms with van der Waals surface area (Å²) in [5, 5.41) is 43.9. The van der Waals surface area contributed by atoms with Gasteiger partial charge in [0.15, 0.2) is 0 Å². The van der Waals surface area contributed by atoms with E-state index in [0.29, 0.717) is 51.4 Å². The molecular formula is C22H36N4O10. The van der Waals surface area contributed by atoms with Crippen molar-refractivity contribution in [3.63, 3.8) is 0 Å². The normalized spacial score (nSPS) is 35.0. The SMILES string of the molecule is O=C(NC1CCC(NOCC2CCCC([N+](=O)[O-])C2COO)CC1)C1CCCC([N+](=O)[O-])C1C(=O)O. The summed E-state index contributed by atoms with van der Waals surface area (Å²) in [6, 6.07) is -2.14. The molecule has 0 heterocycles. The van der Waals surface area contributed by atoms with Crippen LogP contribution < -0.4 is 10.8 Å². The van der Waals surface area contributed by atoms with Crippen molar-refractivity contribution in [1.29, 1.82) is 0 Å². The summed E-state index contributed by atoms with van der Waals surface area (Å²) in [6.45, 7) is 0.140. The Hall–Kier alpha value is -2.42. The van der Waals surface area contributed by atoms with Crippen molar-refractivity contribution in [2.24, 2.45) is 23.7 Å². The number of nitrogens with one attached hydrogen (secondary N) is 2. The minimum absolute atomic E-state index is 0.0286. The number of nitrogens with zero attached hydrogens (tertiary/aromatic N) is 2. The maximum Gasteiger partial charge on any atom is 0.314 e. The number of amides is 1. The predicted octanol–water partition coefficient (Wildman–Crippen LogP) is 1.63. The van der Waals surface area contributed by atoms with E-state index in [1.165, 1.54) is 0 Å². The summed E-state index contributed by atoms with van der Waals surface area (Å²) in [6.07, 6.45) is 5.49. The third kappa shape index (κ3) is 7.08. The summed E-state index contributed by atoms with van der Waals surface area (Å²) in [4.78, 5) is 56.1. The van der Waals surface area contributed by atoms with Crippen LogP contribution in [0.4, 0.5) is 0 Å². The average Bonchev–Trinajstić information content (AvgIpc) is 2.85. The number of hydrogen-bond acceptors (Lipinski definition) is 10. The molecule has 4 N–H and O–H groups in total. The molecular weight excluding hydrogens is 480 g/mol. The first-order valence-corrected chi connectivity index (χ1v) is 12.7. The van der Waals surface area contributed by atoms with E-state index in [0.717, 1.165) is 6.42 Å². The van der Waals surface area contributed by atoms with Gasteiger partial charge in [0.1, 0.15) is 5.92 Å². The maximum atomic E-state index is 12.8. The monoisotopic (exact) mass is 516 g/mol. The lowest BCUT2D eigenvalue weighted by atomic mass is 9.75. The van der Waals surface area contributed by atoms with Gasteiger partial charge < -0.3 is 15.3 Å². The molecule has 1 amide bonds. The minimum atomic E-state index is -1.32. The van der Waals surface area contributed by atoms with Gasteiger partial charge in [0.25, 0.3) is 0 Å². The number of rotatable bonds is 11. The van der Waals surface area contributed by atoms with Gasteiger partial charge >= 0.3 is 5.97 Å². The van der Waals surface area contributed by atoms with Gasteiger partial charge in [-0.15, -0.1) is 0 Å². The predicted molar refractivity (Wildman–Crippen MR) is 123 cm³/mol. The van der Waals surface area contributed by atoms with Crippen LogP contribution in [-0.4, -0.2) is 69.5 Å². The number of carboxylic acid groups (broad SMARTS) is 1. The number of hydrogen-bond donors (Lipinski definition) is 4. The van der Waals surface area contributed by atoms with Crippen LogP contribution in [0.15, 0.2) is 0 Å². The molecule has 3 aliphatic carbocycles. The van der Waals surface area contributed by atoms with E-state index in [-0.39, 0.29) is 42.6 Å². The molecule has 36 heavy (non-hydrogen) atoms. The van der Waals surface area contributed by atoms with E-state index in [9.17, 15) is 34.9 Å². The van der Waals surface area contributed by atoms with Crippen LogP contribution in [-0.2, 0) is 19.3 Å². The third-order valence-corrected chi connectivity index (χ3v) is 8.09. The second-order valence-electron chi connectivity index (χ2n) is 10.2. The number of nitro groups is 2. The summed E-state index contributed by atoms with van der Waals surface area (Å²) in [7, 11) is 0. The van der Waals surface area contributed by atoms with Crippen LogP contribution in [0.1, 0.15) is 64.2 Å². The fraction of sp³-hybridized carbons (Fsp3) is 0.909. The van der Waals surface area contributed by atoms with Gasteiger partial charge in [-0.3, -0.25) is 35.1 Å². The molecule has 0 spiro atoms. The van der Waals surface area contributed by atoms with E-state index >= 15 is 0 Å². The minimum Gasteiger partial charge on any atom is -0.481 e. The number of carboxylic acids is 1. The smallest absolute Gasteiger partial charge is 0.314 e. The Labute approximate surface area is 208 Å². The van der Waals surface area contributed by atoms with Crippen LogP contribution in [0.3, 0.4) is 0 Å². The number of carbonyl (C=O) groups excluding carboxylic acids is 1. The summed E-state index contributed by atoms with van der Waals surface area (Å²) >= 11 is 0. The van der Waals surface area contributed by atoms with Gasteiger partial charge in [-0.05, 0) is 57.3 Å².